The van der Waals surface area contributed by atoms with Crippen LogP contribution >= 0.6 is 0 Å². The number of nitrogens with one attached hydrogen (secondary N) is 2. The van der Waals surface area contributed by atoms with Crippen LogP contribution in [0.1, 0.15) is 43.2 Å². The monoisotopic (exact) mass is 413 g/mol. The van der Waals surface area contributed by atoms with Crippen molar-refractivity contribution in [3.63, 3.8) is 0 Å². The molecule has 0 aliphatic carbocycles. The predicted molar refractivity (Wildman–Crippen MR) is 109 cm³/mol. The number of nitrogens with zero attached hydrogens (tertiary/aromatic N) is 5. The molecule has 2 saturated heterocycles. The van der Waals surface area contributed by atoms with E-state index in [1.807, 2.05) is 23.0 Å². The number of aromatic nitrogens is 4. The maximum absolute atomic E-state index is 12.2. The molecule has 10 nitrogen and oxygen atoms in total. The molecule has 0 radical (unpaired) electrons. The zero-order valence-electron chi connectivity index (χ0n) is 16.9. The van der Waals surface area contributed by atoms with E-state index in [2.05, 4.69) is 25.6 Å². The molecule has 30 heavy (non-hydrogen) atoms. The number of anilines is 2. The summed E-state index contributed by atoms with van der Waals surface area (Å²) in [6.45, 7) is 4.16. The highest BCUT2D eigenvalue weighted by Gasteiger charge is 2.24. The maximum atomic E-state index is 12.2. The van der Waals surface area contributed by atoms with Crippen LogP contribution in [0.25, 0.3) is 0 Å². The topological polar surface area (TPSA) is 106 Å². The number of fused-ring (bicyclic) bond motifs is 1. The van der Waals surface area contributed by atoms with Gasteiger partial charge in [0.25, 0.3) is 0 Å². The standard InChI is InChI=1S/C20H27N7O3/c28-20(22-14-5-10-29-13-14)24-18-11-15-12-26(7-8-27(15)25-18)19-21-6-4-16(23-19)17-3-1-2-9-30-17/h4,6,11,14,17H,1-3,5,7-10,12-13H2,(H2,22,24,25,28)/t14-,17?/m1/s1. The van der Waals surface area contributed by atoms with Gasteiger partial charge in [0, 0.05) is 32.0 Å². The first-order valence-electron chi connectivity index (χ1n) is 10.7. The number of ether oxygens (including phenoxy) is 2. The van der Waals surface area contributed by atoms with E-state index in [1.165, 1.54) is 6.42 Å². The van der Waals surface area contributed by atoms with Crippen molar-refractivity contribution in [1.82, 2.24) is 25.1 Å². The van der Waals surface area contributed by atoms with Crippen LogP contribution in [-0.4, -0.2) is 58.2 Å². The molecule has 0 bridgehead atoms. The van der Waals surface area contributed by atoms with Gasteiger partial charge in [0.1, 0.15) is 0 Å². The predicted octanol–water partition coefficient (Wildman–Crippen LogP) is 1.85. The number of hydrogen-bond donors (Lipinski definition) is 2. The Kier molecular flexibility index (Phi) is 5.50. The molecule has 2 atom stereocenters. The Morgan fingerprint density at radius 1 is 1.20 bits per heavy atom. The minimum atomic E-state index is -0.249. The van der Waals surface area contributed by atoms with Crippen molar-refractivity contribution in [2.45, 2.75) is 50.9 Å². The van der Waals surface area contributed by atoms with E-state index in [0.717, 1.165) is 43.8 Å². The van der Waals surface area contributed by atoms with Crippen LogP contribution in [0.2, 0.25) is 0 Å². The number of amides is 2. The first-order valence-corrected chi connectivity index (χ1v) is 10.7. The van der Waals surface area contributed by atoms with Crippen LogP contribution in [-0.2, 0) is 22.6 Å². The lowest BCUT2D eigenvalue weighted by Gasteiger charge is -2.28. The van der Waals surface area contributed by atoms with Crippen LogP contribution in [0.15, 0.2) is 18.3 Å². The van der Waals surface area contributed by atoms with Crippen LogP contribution in [0.3, 0.4) is 0 Å². The van der Waals surface area contributed by atoms with Gasteiger partial charge in [-0.25, -0.2) is 14.8 Å². The molecule has 0 aromatic carbocycles. The molecule has 2 N–H and O–H groups in total. The van der Waals surface area contributed by atoms with Crippen molar-refractivity contribution in [3.8, 4) is 0 Å². The molecule has 10 heteroatoms. The summed E-state index contributed by atoms with van der Waals surface area (Å²) in [5.74, 6) is 1.26. The Morgan fingerprint density at radius 2 is 2.17 bits per heavy atom. The molecule has 0 spiro atoms. The summed E-state index contributed by atoms with van der Waals surface area (Å²) in [5, 5.41) is 10.3. The normalized spacial score (nSPS) is 23.8. The highest BCUT2D eigenvalue weighted by atomic mass is 16.5. The van der Waals surface area contributed by atoms with E-state index in [9.17, 15) is 4.79 Å². The fourth-order valence-corrected chi connectivity index (χ4v) is 4.15. The van der Waals surface area contributed by atoms with Gasteiger partial charge in [0.15, 0.2) is 5.82 Å². The molecule has 2 aromatic rings. The Labute approximate surface area is 175 Å². The number of rotatable bonds is 4. The lowest BCUT2D eigenvalue weighted by molar-refractivity contribution is 0.0123. The van der Waals surface area contributed by atoms with E-state index in [4.69, 9.17) is 14.5 Å². The fraction of sp³-hybridized carbons (Fsp3) is 0.600. The Morgan fingerprint density at radius 3 is 3.00 bits per heavy atom. The van der Waals surface area contributed by atoms with Crippen LogP contribution < -0.4 is 15.5 Å². The van der Waals surface area contributed by atoms with Crippen molar-refractivity contribution in [3.05, 3.63) is 29.7 Å². The highest BCUT2D eigenvalue weighted by Crippen LogP contribution is 2.28. The first-order chi connectivity index (χ1) is 14.7. The summed E-state index contributed by atoms with van der Waals surface area (Å²) in [4.78, 5) is 23.6. The molecule has 5 heterocycles. The first kappa shape index (κ1) is 19.3. The Hall–Kier alpha value is -2.72. The summed E-state index contributed by atoms with van der Waals surface area (Å²) < 4.78 is 13.1. The molecule has 5 rings (SSSR count). The van der Waals surface area contributed by atoms with Crippen LogP contribution in [0, 0.1) is 0 Å². The number of carbonyl (C=O) groups is 1. The lowest BCUT2D eigenvalue weighted by Crippen LogP contribution is -2.38. The molecule has 2 aromatic heterocycles. The summed E-state index contributed by atoms with van der Waals surface area (Å²) in [7, 11) is 0. The van der Waals surface area contributed by atoms with Gasteiger partial charge in [0.05, 0.1) is 43.2 Å². The van der Waals surface area contributed by atoms with Crippen LogP contribution in [0.5, 0.6) is 0 Å². The molecule has 160 valence electrons. The number of urea groups is 1. The van der Waals surface area contributed by atoms with Gasteiger partial charge in [-0.15, -0.1) is 0 Å². The second-order valence-electron chi connectivity index (χ2n) is 7.96. The third-order valence-corrected chi connectivity index (χ3v) is 5.76. The summed E-state index contributed by atoms with van der Waals surface area (Å²) >= 11 is 0. The molecule has 1 unspecified atom stereocenters. The number of carbonyl (C=O) groups excluding carboxylic acids is 1. The van der Waals surface area contributed by atoms with E-state index in [1.54, 1.807) is 0 Å². The van der Waals surface area contributed by atoms with Crippen LogP contribution in [0.4, 0.5) is 16.6 Å². The second-order valence-corrected chi connectivity index (χ2v) is 7.96. The number of hydrogen-bond acceptors (Lipinski definition) is 7. The molecule has 2 fully saturated rings. The van der Waals surface area contributed by atoms with Crippen molar-refractivity contribution in [1.29, 1.82) is 0 Å². The molecular formula is C20H27N7O3. The summed E-state index contributed by atoms with van der Waals surface area (Å²) in [6, 6.07) is 3.67. The van der Waals surface area contributed by atoms with Gasteiger partial charge in [-0.3, -0.25) is 10.00 Å². The lowest BCUT2D eigenvalue weighted by atomic mass is 10.1. The Bertz CT molecular complexity index is 890. The fourth-order valence-electron chi connectivity index (χ4n) is 4.15. The Balaban J connectivity index is 1.23. The summed E-state index contributed by atoms with van der Waals surface area (Å²) in [6.07, 6.45) is 6.01. The molecule has 3 aliphatic heterocycles. The van der Waals surface area contributed by atoms with Gasteiger partial charge in [-0.1, -0.05) is 0 Å². The van der Waals surface area contributed by atoms with Gasteiger partial charge in [0.2, 0.25) is 5.95 Å². The molecule has 3 aliphatic rings. The van der Waals surface area contributed by atoms with E-state index >= 15 is 0 Å². The minimum Gasteiger partial charge on any atom is -0.379 e. The zero-order chi connectivity index (χ0) is 20.3. The largest absolute Gasteiger partial charge is 0.379 e. The zero-order valence-corrected chi connectivity index (χ0v) is 16.9. The SMILES string of the molecule is O=C(Nc1cc2n(n1)CCN(c1nccc(C3CCCCO3)n1)C2)N[C@@H]1CCOC1. The second kappa shape index (κ2) is 8.57. The third-order valence-electron chi connectivity index (χ3n) is 5.76. The van der Waals surface area contributed by atoms with Gasteiger partial charge >= 0.3 is 6.03 Å². The molecular weight excluding hydrogens is 386 g/mol. The van der Waals surface area contributed by atoms with Crippen molar-refractivity contribution in [2.75, 3.05) is 36.6 Å². The molecule has 0 saturated carbocycles. The van der Waals surface area contributed by atoms with Gasteiger partial charge < -0.3 is 19.7 Å². The molecule has 2 amide bonds. The minimum absolute atomic E-state index is 0.0651. The average molecular weight is 413 g/mol. The van der Waals surface area contributed by atoms with Crippen molar-refractivity contribution < 1.29 is 14.3 Å². The van der Waals surface area contributed by atoms with Gasteiger partial charge in [-0.05, 0) is 31.7 Å². The van der Waals surface area contributed by atoms with E-state index in [0.29, 0.717) is 38.1 Å². The van der Waals surface area contributed by atoms with E-state index < -0.39 is 0 Å². The quantitative estimate of drug-likeness (QED) is 0.788. The summed E-state index contributed by atoms with van der Waals surface area (Å²) in [5.41, 5.74) is 1.97. The smallest absolute Gasteiger partial charge is 0.320 e. The average Bonchev–Trinajstić information content (AvgIpc) is 3.43. The third kappa shape index (κ3) is 4.24. The maximum Gasteiger partial charge on any atom is 0.320 e. The highest BCUT2D eigenvalue weighted by molar-refractivity contribution is 5.88. The van der Waals surface area contributed by atoms with Crippen molar-refractivity contribution in [2.24, 2.45) is 0 Å². The van der Waals surface area contributed by atoms with E-state index in [-0.39, 0.29) is 18.2 Å². The van der Waals surface area contributed by atoms with Crippen molar-refractivity contribution >= 4 is 17.8 Å². The van der Waals surface area contributed by atoms with Gasteiger partial charge in [-0.2, -0.15) is 5.10 Å².